The SMILES string of the molecule is CC(C)(C)OC(=O)/C=C/CCC1(C)C(=O)CCCC1=O. The molecule has 20 heavy (non-hydrogen) atoms. The van der Waals surface area contributed by atoms with E-state index in [9.17, 15) is 14.4 Å². The van der Waals surface area contributed by atoms with Crippen LogP contribution >= 0.6 is 0 Å². The second-order valence-corrected chi connectivity index (χ2v) is 6.51. The van der Waals surface area contributed by atoms with Crippen molar-refractivity contribution in [1.29, 1.82) is 0 Å². The maximum absolute atomic E-state index is 11.9. The van der Waals surface area contributed by atoms with Crippen LogP contribution in [0.25, 0.3) is 0 Å². The molecule has 1 aliphatic rings. The molecule has 0 atom stereocenters. The summed E-state index contributed by atoms with van der Waals surface area (Å²) in [6, 6.07) is 0. The van der Waals surface area contributed by atoms with Gasteiger partial charge in [-0.25, -0.2) is 4.79 Å². The molecule has 0 aromatic carbocycles. The number of allylic oxidation sites excluding steroid dienone is 1. The predicted octanol–water partition coefficient (Wildman–Crippen LogP) is 2.99. The molecule has 0 amide bonds. The second kappa shape index (κ2) is 6.33. The molecule has 0 aromatic heterocycles. The average Bonchev–Trinajstić information content (AvgIpc) is 2.30. The number of hydrogen-bond donors (Lipinski definition) is 0. The van der Waals surface area contributed by atoms with Crippen molar-refractivity contribution in [3.63, 3.8) is 0 Å². The van der Waals surface area contributed by atoms with Gasteiger partial charge in [-0.05, 0) is 47.0 Å². The molecule has 0 aliphatic heterocycles. The number of hydrogen-bond acceptors (Lipinski definition) is 4. The zero-order valence-electron chi connectivity index (χ0n) is 12.8. The van der Waals surface area contributed by atoms with E-state index in [4.69, 9.17) is 4.74 Å². The third kappa shape index (κ3) is 4.58. The summed E-state index contributed by atoms with van der Waals surface area (Å²) >= 11 is 0. The van der Waals surface area contributed by atoms with Crippen LogP contribution < -0.4 is 0 Å². The lowest BCUT2D eigenvalue weighted by molar-refractivity contribution is -0.148. The maximum Gasteiger partial charge on any atom is 0.330 e. The predicted molar refractivity (Wildman–Crippen MR) is 76.2 cm³/mol. The highest BCUT2D eigenvalue weighted by molar-refractivity contribution is 6.08. The van der Waals surface area contributed by atoms with Gasteiger partial charge in [0.25, 0.3) is 0 Å². The zero-order chi connectivity index (χ0) is 15.4. The van der Waals surface area contributed by atoms with Gasteiger partial charge in [0.05, 0.1) is 5.41 Å². The van der Waals surface area contributed by atoms with Gasteiger partial charge < -0.3 is 4.74 Å². The van der Waals surface area contributed by atoms with Crippen LogP contribution in [0.5, 0.6) is 0 Å². The molecular formula is C16H24O4. The van der Waals surface area contributed by atoms with Crippen molar-refractivity contribution in [1.82, 2.24) is 0 Å². The molecule has 0 saturated heterocycles. The fraction of sp³-hybridized carbons (Fsp3) is 0.688. The summed E-state index contributed by atoms with van der Waals surface area (Å²) < 4.78 is 5.14. The normalized spacial score (nSPS) is 19.4. The Morgan fingerprint density at radius 1 is 1.25 bits per heavy atom. The number of ether oxygens (including phenoxy) is 1. The van der Waals surface area contributed by atoms with Crippen LogP contribution in [0.15, 0.2) is 12.2 Å². The smallest absolute Gasteiger partial charge is 0.330 e. The Balaban J connectivity index is 2.49. The fourth-order valence-corrected chi connectivity index (χ4v) is 2.28. The summed E-state index contributed by atoms with van der Waals surface area (Å²) in [5.41, 5.74) is -1.38. The highest BCUT2D eigenvalue weighted by atomic mass is 16.6. The molecule has 112 valence electrons. The van der Waals surface area contributed by atoms with E-state index in [1.54, 1.807) is 33.8 Å². The summed E-state index contributed by atoms with van der Waals surface area (Å²) in [5.74, 6) is -0.345. The highest BCUT2D eigenvalue weighted by Gasteiger charge is 2.41. The number of rotatable bonds is 4. The molecule has 0 aromatic rings. The van der Waals surface area contributed by atoms with E-state index in [2.05, 4.69) is 0 Å². The number of Topliss-reactive ketones (excluding diaryl/α,β-unsaturated/α-hetero) is 2. The van der Waals surface area contributed by atoms with Crippen molar-refractivity contribution in [2.75, 3.05) is 0 Å². The van der Waals surface area contributed by atoms with Crippen LogP contribution in [0.4, 0.5) is 0 Å². The first kappa shape index (κ1) is 16.6. The van der Waals surface area contributed by atoms with Gasteiger partial charge in [-0.1, -0.05) is 6.08 Å². The summed E-state index contributed by atoms with van der Waals surface area (Å²) in [7, 11) is 0. The van der Waals surface area contributed by atoms with E-state index in [0.717, 1.165) is 0 Å². The van der Waals surface area contributed by atoms with Crippen LogP contribution in [0.1, 0.15) is 59.8 Å². The van der Waals surface area contributed by atoms with Crippen molar-refractivity contribution in [2.45, 2.75) is 65.4 Å². The molecule has 1 aliphatic carbocycles. The number of carbonyl (C=O) groups is 3. The Bertz CT molecular complexity index is 410. The molecule has 4 heteroatoms. The molecule has 0 radical (unpaired) electrons. The Morgan fingerprint density at radius 2 is 1.80 bits per heavy atom. The van der Waals surface area contributed by atoms with E-state index >= 15 is 0 Å². The number of ketones is 2. The van der Waals surface area contributed by atoms with E-state index in [0.29, 0.717) is 32.1 Å². The van der Waals surface area contributed by atoms with Crippen LogP contribution in [0.2, 0.25) is 0 Å². The lowest BCUT2D eigenvalue weighted by atomic mass is 9.71. The molecule has 1 rings (SSSR count). The van der Waals surface area contributed by atoms with Gasteiger partial charge in [0.1, 0.15) is 17.2 Å². The van der Waals surface area contributed by atoms with E-state index in [-0.39, 0.29) is 11.6 Å². The van der Waals surface area contributed by atoms with E-state index in [1.807, 2.05) is 0 Å². The lowest BCUT2D eigenvalue weighted by Crippen LogP contribution is -2.39. The lowest BCUT2D eigenvalue weighted by Gasteiger charge is -2.30. The van der Waals surface area contributed by atoms with Crippen molar-refractivity contribution in [2.24, 2.45) is 5.41 Å². The summed E-state index contributed by atoms with van der Waals surface area (Å²) in [5, 5.41) is 0. The van der Waals surface area contributed by atoms with Gasteiger partial charge in [-0.2, -0.15) is 0 Å². The second-order valence-electron chi connectivity index (χ2n) is 6.51. The Labute approximate surface area is 120 Å². The fourth-order valence-electron chi connectivity index (χ4n) is 2.28. The van der Waals surface area contributed by atoms with Gasteiger partial charge in [0, 0.05) is 18.9 Å². The van der Waals surface area contributed by atoms with Crippen LogP contribution in [-0.2, 0) is 19.1 Å². The first-order valence-corrected chi connectivity index (χ1v) is 7.11. The first-order chi connectivity index (χ1) is 9.15. The first-order valence-electron chi connectivity index (χ1n) is 7.11. The van der Waals surface area contributed by atoms with Crippen LogP contribution in [0.3, 0.4) is 0 Å². The van der Waals surface area contributed by atoms with Gasteiger partial charge in [-0.15, -0.1) is 0 Å². The molecule has 0 bridgehead atoms. The number of carbonyl (C=O) groups excluding carboxylic acids is 3. The van der Waals surface area contributed by atoms with E-state index in [1.165, 1.54) is 6.08 Å². The van der Waals surface area contributed by atoms with Crippen molar-refractivity contribution in [3.8, 4) is 0 Å². The summed E-state index contributed by atoms with van der Waals surface area (Å²) in [6.07, 6.45) is 5.66. The molecular weight excluding hydrogens is 256 g/mol. The number of esters is 1. The van der Waals surface area contributed by atoms with Gasteiger partial charge in [0.2, 0.25) is 0 Å². The largest absolute Gasteiger partial charge is 0.457 e. The zero-order valence-corrected chi connectivity index (χ0v) is 12.8. The van der Waals surface area contributed by atoms with Crippen molar-refractivity contribution in [3.05, 3.63) is 12.2 Å². The van der Waals surface area contributed by atoms with Gasteiger partial charge >= 0.3 is 5.97 Å². The van der Waals surface area contributed by atoms with Crippen molar-refractivity contribution >= 4 is 17.5 Å². The third-order valence-corrected chi connectivity index (χ3v) is 3.51. The molecule has 1 saturated carbocycles. The minimum Gasteiger partial charge on any atom is -0.457 e. The highest BCUT2D eigenvalue weighted by Crippen LogP contribution is 2.34. The monoisotopic (exact) mass is 280 g/mol. The topological polar surface area (TPSA) is 60.4 Å². The Morgan fingerprint density at radius 3 is 2.30 bits per heavy atom. The molecule has 0 spiro atoms. The summed E-state index contributed by atoms with van der Waals surface area (Å²) in [6.45, 7) is 7.13. The van der Waals surface area contributed by atoms with Gasteiger partial charge in [0.15, 0.2) is 0 Å². The molecule has 0 heterocycles. The molecule has 1 fully saturated rings. The molecule has 4 nitrogen and oxygen atoms in total. The van der Waals surface area contributed by atoms with E-state index < -0.39 is 17.0 Å². The quantitative estimate of drug-likeness (QED) is 0.451. The Hall–Kier alpha value is -1.45. The van der Waals surface area contributed by atoms with Crippen molar-refractivity contribution < 1.29 is 19.1 Å². The van der Waals surface area contributed by atoms with Gasteiger partial charge in [-0.3, -0.25) is 9.59 Å². The molecule has 0 N–H and O–H groups in total. The third-order valence-electron chi connectivity index (χ3n) is 3.51. The van der Waals surface area contributed by atoms with Crippen LogP contribution in [-0.4, -0.2) is 23.1 Å². The van der Waals surface area contributed by atoms with Crippen LogP contribution in [0, 0.1) is 5.41 Å². The summed E-state index contributed by atoms with van der Waals surface area (Å²) in [4.78, 5) is 35.3. The average molecular weight is 280 g/mol. The Kier molecular flexibility index (Phi) is 5.26. The standard InChI is InChI=1S/C16H24O4/c1-15(2,3)20-14(19)10-5-6-11-16(4)12(17)8-7-9-13(16)18/h5,10H,6-9,11H2,1-4H3/b10-5+. The minimum atomic E-state index is -0.865. The minimum absolute atomic E-state index is 0.0272. The molecule has 0 unspecified atom stereocenters. The maximum atomic E-state index is 11.9.